The Labute approximate surface area is 110 Å². The van der Waals surface area contributed by atoms with Gasteiger partial charge >= 0.3 is 0 Å². The zero-order chi connectivity index (χ0) is 14.1. The van der Waals surface area contributed by atoms with Crippen LogP contribution in [0.25, 0.3) is 0 Å². The van der Waals surface area contributed by atoms with Crippen molar-refractivity contribution in [2.24, 2.45) is 0 Å². The standard InChI is InChI=1S/C13H34N2OSi/c1-13(2,11-14(3,4)5)16-17(9,10)12-15(6,7)8/h11-12H2,1-10H3/q+2. The van der Waals surface area contributed by atoms with Gasteiger partial charge in [-0.2, -0.15) is 0 Å². The van der Waals surface area contributed by atoms with Crippen LogP contribution in [0.5, 0.6) is 0 Å². The highest BCUT2D eigenvalue weighted by molar-refractivity contribution is 6.71. The molecule has 0 spiro atoms. The average Bonchev–Trinajstić information content (AvgIpc) is 1.65. The second-order valence-corrected chi connectivity index (χ2v) is 12.6. The molecule has 0 aliphatic carbocycles. The van der Waals surface area contributed by atoms with Gasteiger partial charge in [0.05, 0.1) is 54.1 Å². The summed E-state index contributed by atoms with van der Waals surface area (Å²) >= 11 is 0. The van der Waals surface area contributed by atoms with E-state index in [1.807, 2.05) is 0 Å². The maximum atomic E-state index is 6.48. The van der Waals surface area contributed by atoms with Crippen LogP contribution in [0.3, 0.4) is 0 Å². The van der Waals surface area contributed by atoms with Crippen LogP contribution in [0.1, 0.15) is 13.8 Å². The number of hydrogen-bond acceptors (Lipinski definition) is 1. The van der Waals surface area contributed by atoms with E-state index in [0.717, 1.165) is 21.7 Å². The van der Waals surface area contributed by atoms with E-state index >= 15 is 0 Å². The summed E-state index contributed by atoms with van der Waals surface area (Å²) in [7, 11) is 11.8. The molecule has 0 fully saturated rings. The highest BCUT2D eigenvalue weighted by Crippen LogP contribution is 2.21. The topological polar surface area (TPSA) is 9.23 Å². The second-order valence-electron chi connectivity index (χ2n) is 8.52. The summed E-state index contributed by atoms with van der Waals surface area (Å²) < 4.78 is 8.42. The van der Waals surface area contributed by atoms with Gasteiger partial charge in [0.1, 0.15) is 6.54 Å². The Hall–Kier alpha value is 0.0969. The summed E-state index contributed by atoms with van der Waals surface area (Å²) in [6.45, 7) is 10.1. The minimum Gasteiger partial charge on any atom is -0.400 e. The summed E-state index contributed by atoms with van der Waals surface area (Å²) in [6.07, 6.45) is 1.15. The molecule has 0 aromatic carbocycles. The Morgan fingerprint density at radius 2 is 1.29 bits per heavy atom. The predicted octanol–water partition coefficient (Wildman–Crippen LogP) is 1.94. The fourth-order valence-corrected chi connectivity index (χ4v) is 7.01. The van der Waals surface area contributed by atoms with Gasteiger partial charge in [-0.15, -0.1) is 0 Å². The lowest BCUT2D eigenvalue weighted by molar-refractivity contribution is -0.876. The van der Waals surface area contributed by atoms with Crippen molar-refractivity contribution in [3.8, 4) is 0 Å². The summed E-state index contributed by atoms with van der Waals surface area (Å²) in [5.74, 6) is 0. The number of nitrogens with zero attached hydrogens (tertiary/aromatic N) is 2. The van der Waals surface area contributed by atoms with Crippen LogP contribution >= 0.6 is 0 Å². The van der Waals surface area contributed by atoms with Crippen LogP contribution in [-0.2, 0) is 4.43 Å². The molecular weight excluding hydrogens is 228 g/mol. The summed E-state index contributed by atoms with van der Waals surface area (Å²) in [4.78, 5) is 0. The average molecular weight is 263 g/mol. The van der Waals surface area contributed by atoms with E-state index in [1.54, 1.807) is 0 Å². The molecule has 0 saturated carbocycles. The molecule has 0 N–H and O–H groups in total. The van der Waals surface area contributed by atoms with E-state index in [1.165, 1.54) is 0 Å². The van der Waals surface area contributed by atoms with Crippen LogP contribution < -0.4 is 0 Å². The Kier molecular flexibility index (Phi) is 5.03. The van der Waals surface area contributed by atoms with Gasteiger partial charge in [0, 0.05) is 0 Å². The highest BCUT2D eigenvalue weighted by Gasteiger charge is 2.38. The monoisotopic (exact) mass is 262 g/mol. The van der Waals surface area contributed by atoms with Gasteiger partial charge in [-0.1, -0.05) is 0 Å². The zero-order valence-electron chi connectivity index (χ0n) is 13.7. The van der Waals surface area contributed by atoms with Crippen LogP contribution in [0.15, 0.2) is 0 Å². The molecule has 3 nitrogen and oxygen atoms in total. The molecule has 0 unspecified atom stereocenters. The fraction of sp³-hybridized carbons (Fsp3) is 1.00. The van der Waals surface area contributed by atoms with Crippen LogP contribution in [0.4, 0.5) is 0 Å². The van der Waals surface area contributed by atoms with Gasteiger partial charge < -0.3 is 13.4 Å². The first-order chi connectivity index (χ1) is 7.12. The molecule has 0 amide bonds. The lowest BCUT2D eigenvalue weighted by Gasteiger charge is -2.41. The Balaban J connectivity index is 4.59. The molecule has 0 rings (SSSR count). The Morgan fingerprint density at radius 1 is 0.882 bits per heavy atom. The molecule has 0 aromatic rings. The van der Waals surface area contributed by atoms with Crippen molar-refractivity contribution in [3.63, 3.8) is 0 Å². The molecule has 0 radical (unpaired) electrons. The van der Waals surface area contributed by atoms with Gasteiger partial charge in [-0.05, 0) is 26.9 Å². The molecule has 17 heavy (non-hydrogen) atoms. The molecule has 4 heteroatoms. The Morgan fingerprint density at radius 3 is 1.59 bits per heavy atom. The first-order valence-corrected chi connectivity index (χ1v) is 9.55. The van der Waals surface area contributed by atoms with E-state index in [-0.39, 0.29) is 5.60 Å². The third-order valence-corrected chi connectivity index (χ3v) is 5.08. The van der Waals surface area contributed by atoms with E-state index < -0.39 is 8.32 Å². The minimum absolute atomic E-state index is 0.0385. The zero-order valence-corrected chi connectivity index (χ0v) is 14.7. The van der Waals surface area contributed by atoms with Crippen molar-refractivity contribution in [2.75, 3.05) is 55.0 Å². The maximum Gasteiger partial charge on any atom is 0.246 e. The van der Waals surface area contributed by atoms with Gasteiger partial charge in [0.15, 0.2) is 0 Å². The molecular formula is C13H34N2OSi+2. The number of hydrogen-bond donors (Lipinski definition) is 0. The van der Waals surface area contributed by atoms with E-state index in [9.17, 15) is 0 Å². The molecule has 0 aromatic heterocycles. The van der Waals surface area contributed by atoms with Crippen molar-refractivity contribution >= 4 is 8.32 Å². The lowest BCUT2D eigenvalue weighted by Crippen LogP contribution is -2.57. The molecule has 0 aliphatic rings. The SMILES string of the molecule is CC(C)(C[N+](C)(C)C)O[Si](C)(C)C[N+](C)(C)C. The third kappa shape index (κ3) is 9.77. The van der Waals surface area contributed by atoms with Crippen LogP contribution in [0, 0.1) is 0 Å². The molecule has 0 atom stereocenters. The van der Waals surface area contributed by atoms with E-state index in [4.69, 9.17) is 4.43 Å². The predicted molar refractivity (Wildman–Crippen MR) is 78.4 cm³/mol. The first kappa shape index (κ1) is 17.1. The normalized spacial score (nSPS) is 15.2. The molecule has 0 bridgehead atoms. The number of rotatable bonds is 6. The smallest absolute Gasteiger partial charge is 0.246 e. The first-order valence-electron chi connectivity index (χ1n) is 6.43. The third-order valence-electron chi connectivity index (χ3n) is 2.26. The second kappa shape index (κ2) is 5.00. The van der Waals surface area contributed by atoms with Crippen molar-refractivity contribution in [2.45, 2.75) is 32.5 Å². The highest BCUT2D eigenvalue weighted by atomic mass is 28.4. The van der Waals surface area contributed by atoms with Gasteiger partial charge in [-0.25, -0.2) is 0 Å². The summed E-state index contributed by atoms with van der Waals surface area (Å²) in [6, 6.07) is 0. The summed E-state index contributed by atoms with van der Waals surface area (Å²) in [5, 5.41) is 0. The van der Waals surface area contributed by atoms with Gasteiger partial charge in [0.25, 0.3) is 0 Å². The number of likely N-dealkylation sites (N-methyl/N-ethyl adjacent to an activating group) is 1. The number of quaternary nitrogens is 2. The molecule has 0 heterocycles. The Bertz CT molecular complexity index is 223. The van der Waals surface area contributed by atoms with Crippen molar-refractivity contribution in [1.82, 2.24) is 0 Å². The molecule has 0 aliphatic heterocycles. The maximum absolute atomic E-state index is 6.48. The van der Waals surface area contributed by atoms with Crippen LogP contribution in [-0.4, -0.2) is 77.9 Å². The fourth-order valence-electron chi connectivity index (χ4n) is 3.10. The van der Waals surface area contributed by atoms with E-state index in [2.05, 4.69) is 69.2 Å². The van der Waals surface area contributed by atoms with Gasteiger partial charge in [-0.3, -0.25) is 0 Å². The quantitative estimate of drug-likeness (QED) is 0.525. The molecule has 104 valence electrons. The lowest BCUT2D eigenvalue weighted by atomic mass is 10.1. The van der Waals surface area contributed by atoms with Crippen molar-refractivity contribution in [1.29, 1.82) is 0 Å². The van der Waals surface area contributed by atoms with Gasteiger partial charge in [0.2, 0.25) is 8.32 Å². The van der Waals surface area contributed by atoms with Crippen LogP contribution in [0.2, 0.25) is 13.1 Å². The van der Waals surface area contributed by atoms with E-state index in [0.29, 0.717) is 0 Å². The summed E-state index contributed by atoms with van der Waals surface area (Å²) in [5.41, 5.74) is -0.0385. The van der Waals surface area contributed by atoms with Crippen molar-refractivity contribution < 1.29 is 13.4 Å². The molecule has 0 saturated heterocycles. The van der Waals surface area contributed by atoms with Crippen molar-refractivity contribution in [3.05, 3.63) is 0 Å². The largest absolute Gasteiger partial charge is 0.400 e. The minimum atomic E-state index is -1.61.